The standard InChI is InChI=1S/C20H26N4O2/c1-4-17-7-5-6-12-24(17)18-13-14(2)21-20(23-18)22-16-10-8-15(9-11-16)19(25)26-3/h8-11,13,17H,4-7,12H2,1-3H3,(H,21,22,23). The molecular formula is C20H26N4O2. The molecule has 1 aliphatic rings. The van der Waals surface area contributed by atoms with Crippen molar-refractivity contribution in [2.24, 2.45) is 0 Å². The van der Waals surface area contributed by atoms with Crippen molar-refractivity contribution in [3.8, 4) is 0 Å². The third kappa shape index (κ3) is 4.12. The van der Waals surface area contributed by atoms with Crippen LogP contribution >= 0.6 is 0 Å². The summed E-state index contributed by atoms with van der Waals surface area (Å²) in [6.45, 7) is 5.27. The highest BCUT2D eigenvalue weighted by molar-refractivity contribution is 5.89. The fourth-order valence-electron chi connectivity index (χ4n) is 3.42. The molecule has 1 aromatic carbocycles. The van der Waals surface area contributed by atoms with Gasteiger partial charge in [0.2, 0.25) is 5.95 Å². The summed E-state index contributed by atoms with van der Waals surface area (Å²) < 4.78 is 4.72. The molecule has 0 bridgehead atoms. The number of carbonyl (C=O) groups is 1. The molecule has 0 spiro atoms. The van der Waals surface area contributed by atoms with E-state index in [0.717, 1.165) is 30.2 Å². The Bertz CT molecular complexity index is 761. The number of anilines is 3. The molecule has 6 heteroatoms. The fraction of sp³-hybridized carbons (Fsp3) is 0.450. The van der Waals surface area contributed by atoms with Gasteiger partial charge in [-0.1, -0.05) is 6.92 Å². The van der Waals surface area contributed by atoms with Gasteiger partial charge in [-0.25, -0.2) is 9.78 Å². The maximum absolute atomic E-state index is 11.5. The van der Waals surface area contributed by atoms with Crippen LogP contribution in [0, 0.1) is 6.92 Å². The van der Waals surface area contributed by atoms with E-state index in [0.29, 0.717) is 17.6 Å². The molecule has 3 rings (SSSR count). The number of rotatable bonds is 5. The smallest absolute Gasteiger partial charge is 0.337 e. The molecule has 138 valence electrons. The number of ether oxygens (including phenoxy) is 1. The zero-order valence-electron chi connectivity index (χ0n) is 15.7. The second-order valence-corrected chi connectivity index (χ2v) is 6.64. The molecule has 0 amide bonds. The quantitative estimate of drug-likeness (QED) is 0.816. The van der Waals surface area contributed by atoms with E-state index >= 15 is 0 Å². The van der Waals surface area contributed by atoms with Crippen LogP contribution in [-0.4, -0.2) is 35.6 Å². The minimum Gasteiger partial charge on any atom is -0.465 e. The Hall–Kier alpha value is -2.63. The summed E-state index contributed by atoms with van der Waals surface area (Å²) in [5.74, 6) is 1.21. The predicted octanol–water partition coefficient (Wildman–Crippen LogP) is 4.08. The number of esters is 1. The van der Waals surface area contributed by atoms with Gasteiger partial charge in [-0.05, 0) is 56.9 Å². The molecule has 2 aromatic rings. The largest absolute Gasteiger partial charge is 0.465 e. The lowest BCUT2D eigenvalue weighted by Gasteiger charge is -2.36. The second-order valence-electron chi connectivity index (χ2n) is 6.64. The van der Waals surface area contributed by atoms with Crippen LogP contribution in [0.15, 0.2) is 30.3 Å². The number of aryl methyl sites for hydroxylation is 1. The SMILES string of the molecule is CCC1CCCCN1c1cc(C)nc(Nc2ccc(C(=O)OC)cc2)n1. The summed E-state index contributed by atoms with van der Waals surface area (Å²) >= 11 is 0. The van der Waals surface area contributed by atoms with Crippen molar-refractivity contribution in [2.75, 3.05) is 23.9 Å². The van der Waals surface area contributed by atoms with Crippen molar-refractivity contribution in [3.05, 3.63) is 41.6 Å². The van der Waals surface area contributed by atoms with Gasteiger partial charge in [0.25, 0.3) is 0 Å². The van der Waals surface area contributed by atoms with Gasteiger partial charge in [0.1, 0.15) is 5.82 Å². The van der Waals surface area contributed by atoms with Gasteiger partial charge in [0.05, 0.1) is 12.7 Å². The summed E-state index contributed by atoms with van der Waals surface area (Å²) in [4.78, 5) is 23.2. The molecule has 0 radical (unpaired) electrons. The number of hydrogen-bond donors (Lipinski definition) is 1. The van der Waals surface area contributed by atoms with E-state index in [4.69, 9.17) is 9.72 Å². The lowest BCUT2D eigenvalue weighted by molar-refractivity contribution is 0.0601. The van der Waals surface area contributed by atoms with Crippen LogP contribution in [0.25, 0.3) is 0 Å². The predicted molar refractivity (Wildman–Crippen MR) is 103 cm³/mol. The summed E-state index contributed by atoms with van der Waals surface area (Å²) in [5.41, 5.74) is 2.28. The van der Waals surface area contributed by atoms with Gasteiger partial charge >= 0.3 is 5.97 Å². The van der Waals surface area contributed by atoms with Gasteiger partial charge in [0.15, 0.2) is 0 Å². The third-order valence-electron chi connectivity index (χ3n) is 4.80. The number of methoxy groups -OCH3 is 1. The van der Waals surface area contributed by atoms with Crippen LogP contribution in [-0.2, 0) is 4.74 Å². The Morgan fingerprint density at radius 2 is 2.04 bits per heavy atom. The molecule has 1 N–H and O–H groups in total. The van der Waals surface area contributed by atoms with Gasteiger partial charge in [-0.15, -0.1) is 0 Å². The number of benzene rings is 1. The number of nitrogens with zero attached hydrogens (tertiary/aromatic N) is 3. The molecule has 1 aromatic heterocycles. The Morgan fingerprint density at radius 1 is 1.27 bits per heavy atom. The molecule has 1 unspecified atom stereocenters. The third-order valence-corrected chi connectivity index (χ3v) is 4.80. The maximum Gasteiger partial charge on any atom is 0.337 e. The topological polar surface area (TPSA) is 67.4 Å². The first kappa shape index (κ1) is 18.2. The summed E-state index contributed by atoms with van der Waals surface area (Å²) in [6, 6.07) is 9.70. The maximum atomic E-state index is 11.5. The Kier molecular flexibility index (Phi) is 5.71. The Morgan fingerprint density at radius 3 is 2.73 bits per heavy atom. The molecular weight excluding hydrogens is 328 g/mol. The fourth-order valence-corrected chi connectivity index (χ4v) is 3.42. The monoisotopic (exact) mass is 354 g/mol. The van der Waals surface area contributed by atoms with E-state index in [1.165, 1.54) is 26.4 Å². The normalized spacial score (nSPS) is 17.0. The number of hydrogen-bond acceptors (Lipinski definition) is 6. The first-order valence-corrected chi connectivity index (χ1v) is 9.18. The van der Waals surface area contributed by atoms with Gasteiger partial charge < -0.3 is 15.0 Å². The number of carbonyl (C=O) groups excluding carboxylic acids is 1. The van der Waals surface area contributed by atoms with Crippen LogP contribution in [0.1, 0.15) is 48.7 Å². The summed E-state index contributed by atoms with van der Waals surface area (Å²) in [5, 5.41) is 3.24. The molecule has 1 atom stereocenters. The van der Waals surface area contributed by atoms with Crippen molar-refractivity contribution in [1.82, 2.24) is 9.97 Å². The minimum absolute atomic E-state index is 0.346. The summed E-state index contributed by atoms with van der Waals surface area (Å²) in [7, 11) is 1.38. The van der Waals surface area contributed by atoms with Gasteiger partial charge in [-0.3, -0.25) is 0 Å². The van der Waals surface area contributed by atoms with E-state index in [-0.39, 0.29) is 5.97 Å². The number of aromatic nitrogens is 2. The first-order valence-electron chi connectivity index (χ1n) is 9.18. The zero-order valence-corrected chi connectivity index (χ0v) is 15.7. The molecule has 6 nitrogen and oxygen atoms in total. The molecule has 1 saturated heterocycles. The van der Waals surface area contributed by atoms with Crippen molar-refractivity contribution < 1.29 is 9.53 Å². The van der Waals surface area contributed by atoms with E-state index in [1.807, 2.05) is 19.1 Å². The number of nitrogens with one attached hydrogen (secondary N) is 1. The average molecular weight is 354 g/mol. The average Bonchev–Trinajstić information content (AvgIpc) is 2.67. The second kappa shape index (κ2) is 8.17. The van der Waals surface area contributed by atoms with Crippen molar-refractivity contribution in [3.63, 3.8) is 0 Å². The van der Waals surface area contributed by atoms with Crippen LogP contribution in [0.4, 0.5) is 17.5 Å². The molecule has 26 heavy (non-hydrogen) atoms. The highest BCUT2D eigenvalue weighted by atomic mass is 16.5. The zero-order chi connectivity index (χ0) is 18.5. The van der Waals surface area contributed by atoms with Crippen molar-refractivity contribution in [1.29, 1.82) is 0 Å². The number of piperidine rings is 1. The van der Waals surface area contributed by atoms with Gasteiger partial charge in [0, 0.05) is 30.0 Å². The van der Waals surface area contributed by atoms with Crippen LogP contribution in [0.5, 0.6) is 0 Å². The highest BCUT2D eigenvalue weighted by Gasteiger charge is 2.22. The van der Waals surface area contributed by atoms with E-state index < -0.39 is 0 Å². The Balaban J connectivity index is 1.80. The lowest BCUT2D eigenvalue weighted by Crippen LogP contribution is -2.39. The van der Waals surface area contributed by atoms with Crippen LogP contribution in [0.3, 0.4) is 0 Å². The molecule has 2 heterocycles. The van der Waals surface area contributed by atoms with E-state index in [9.17, 15) is 4.79 Å². The first-order chi connectivity index (χ1) is 12.6. The van der Waals surface area contributed by atoms with Crippen LogP contribution < -0.4 is 10.2 Å². The Labute approximate surface area is 154 Å². The van der Waals surface area contributed by atoms with Crippen molar-refractivity contribution in [2.45, 2.75) is 45.6 Å². The molecule has 0 aliphatic carbocycles. The lowest BCUT2D eigenvalue weighted by atomic mass is 10.00. The molecule has 1 fully saturated rings. The summed E-state index contributed by atoms with van der Waals surface area (Å²) in [6.07, 6.45) is 4.84. The highest BCUT2D eigenvalue weighted by Crippen LogP contribution is 2.27. The minimum atomic E-state index is -0.346. The van der Waals surface area contributed by atoms with E-state index in [2.05, 4.69) is 28.2 Å². The van der Waals surface area contributed by atoms with E-state index in [1.54, 1.807) is 12.1 Å². The molecule has 0 saturated carbocycles. The van der Waals surface area contributed by atoms with Crippen molar-refractivity contribution >= 4 is 23.4 Å². The van der Waals surface area contributed by atoms with Gasteiger partial charge in [-0.2, -0.15) is 4.98 Å². The van der Waals surface area contributed by atoms with Crippen LogP contribution in [0.2, 0.25) is 0 Å². The molecule has 1 aliphatic heterocycles.